The summed E-state index contributed by atoms with van der Waals surface area (Å²) in [6, 6.07) is 4.72. The van der Waals surface area contributed by atoms with Crippen molar-refractivity contribution in [1.82, 2.24) is 0 Å². The quantitative estimate of drug-likeness (QED) is 0.239. The Labute approximate surface area is 222 Å². The zero-order valence-electron chi connectivity index (χ0n) is 22.9. The second-order valence-corrected chi connectivity index (χ2v) is 7.90. The van der Waals surface area contributed by atoms with Crippen LogP contribution in [0.25, 0.3) is 0 Å². The molecule has 5 heteroatoms. The first kappa shape index (κ1) is 36.8. The average Bonchev–Trinajstić information content (AvgIpc) is 2.85. The highest BCUT2D eigenvalue weighted by atomic mass is 79.9. The third-order valence-corrected chi connectivity index (χ3v) is 4.99. The Bertz CT molecular complexity index is 860. The lowest BCUT2D eigenvalue weighted by Gasteiger charge is -2.01. The maximum absolute atomic E-state index is 10.6. The zero-order chi connectivity index (χ0) is 27.6. The SMILES string of the molecule is C=C/C=C\C=C(\C)CC.CC.C\C=C/C=C(\C=C(/C)CC)OC.NC(=O)Cc1cc(O)ccc1Br. The molecule has 0 radical (unpaired) electrons. The van der Waals surface area contributed by atoms with Crippen LogP contribution in [0, 0.1) is 0 Å². The van der Waals surface area contributed by atoms with Gasteiger partial charge in [0.05, 0.1) is 13.5 Å². The lowest BCUT2D eigenvalue weighted by molar-refractivity contribution is -0.117. The summed E-state index contributed by atoms with van der Waals surface area (Å²) >= 11 is 3.24. The first-order valence-electron chi connectivity index (χ1n) is 11.9. The van der Waals surface area contributed by atoms with Crippen LogP contribution in [0.3, 0.4) is 0 Å². The van der Waals surface area contributed by atoms with Gasteiger partial charge in [0.25, 0.3) is 0 Å². The Morgan fingerprint density at radius 2 is 1.69 bits per heavy atom. The molecular weight excluding hydrogens is 502 g/mol. The van der Waals surface area contributed by atoms with Crippen molar-refractivity contribution < 1.29 is 14.6 Å². The molecule has 0 aliphatic heterocycles. The number of aromatic hydroxyl groups is 1. The molecular formula is C30H46BrNO3. The van der Waals surface area contributed by atoms with E-state index in [2.05, 4.69) is 62.4 Å². The fourth-order valence-corrected chi connectivity index (χ4v) is 2.40. The molecule has 1 rings (SSSR count). The Kier molecular flexibility index (Phi) is 27.1. The van der Waals surface area contributed by atoms with E-state index in [0.717, 1.165) is 23.1 Å². The number of allylic oxidation sites excluding steroid dienone is 10. The number of hydrogen-bond acceptors (Lipinski definition) is 3. The van der Waals surface area contributed by atoms with E-state index in [9.17, 15) is 4.79 Å². The molecule has 0 saturated heterocycles. The molecule has 196 valence electrons. The minimum Gasteiger partial charge on any atom is -0.508 e. The van der Waals surface area contributed by atoms with Crippen LogP contribution in [-0.4, -0.2) is 18.1 Å². The summed E-state index contributed by atoms with van der Waals surface area (Å²) in [5.74, 6) is 0.628. The number of primary amides is 1. The molecule has 0 aromatic heterocycles. The third kappa shape index (κ3) is 24.1. The summed E-state index contributed by atoms with van der Waals surface area (Å²) in [5.41, 5.74) is 8.42. The van der Waals surface area contributed by atoms with E-state index in [4.69, 9.17) is 15.6 Å². The maximum Gasteiger partial charge on any atom is 0.221 e. The highest BCUT2D eigenvalue weighted by molar-refractivity contribution is 9.10. The van der Waals surface area contributed by atoms with Gasteiger partial charge in [-0.05, 0) is 69.5 Å². The summed E-state index contributed by atoms with van der Waals surface area (Å²) in [7, 11) is 1.69. The molecule has 0 unspecified atom stereocenters. The molecule has 0 fully saturated rings. The zero-order valence-corrected chi connectivity index (χ0v) is 24.5. The molecule has 0 aliphatic rings. The molecule has 3 N–H and O–H groups in total. The van der Waals surface area contributed by atoms with Crippen molar-refractivity contribution in [2.45, 2.75) is 67.7 Å². The fraction of sp³-hybridized carbons (Fsp3) is 0.367. The first-order chi connectivity index (χ1) is 16.6. The van der Waals surface area contributed by atoms with Gasteiger partial charge in [0.1, 0.15) is 11.5 Å². The Morgan fingerprint density at radius 1 is 1.09 bits per heavy atom. The van der Waals surface area contributed by atoms with Crippen LogP contribution in [0.4, 0.5) is 0 Å². The number of nitrogens with two attached hydrogens (primary N) is 1. The number of hydrogen-bond donors (Lipinski definition) is 2. The highest BCUT2D eigenvalue weighted by Gasteiger charge is 2.03. The molecule has 0 spiro atoms. The topological polar surface area (TPSA) is 72.5 Å². The van der Waals surface area contributed by atoms with Gasteiger partial charge in [-0.3, -0.25) is 4.79 Å². The van der Waals surface area contributed by atoms with Crippen molar-refractivity contribution in [3.63, 3.8) is 0 Å². The van der Waals surface area contributed by atoms with E-state index in [1.54, 1.807) is 19.3 Å². The summed E-state index contributed by atoms with van der Waals surface area (Å²) in [5, 5.41) is 9.08. The van der Waals surface area contributed by atoms with Crippen molar-refractivity contribution in [2.75, 3.05) is 7.11 Å². The van der Waals surface area contributed by atoms with Crippen molar-refractivity contribution in [3.05, 3.63) is 100 Å². The number of benzene rings is 1. The van der Waals surface area contributed by atoms with Crippen LogP contribution >= 0.6 is 15.9 Å². The van der Waals surface area contributed by atoms with Crippen LogP contribution in [0.2, 0.25) is 0 Å². The smallest absolute Gasteiger partial charge is 0.221 e. The van der Waals surface area contributed by atoms with E-state index in [1.165, 1.54) is 23.3 Å². The number of phenolic OH excluding ortho intramolecular Hbond substituents is 1. The number of carbonyl (C=O) groups is 1. The summed E-state index contributed by atoms with van der Waals surface area (Å²) in [6.45, 7) is 18.1. The third-order valence-electron chi connectivity index (χ3n) is 4.21. The predicted octanol–water partition coefficient (Wildman–Crippen LogP) is 8.74. The Morgan fingerprint density at radius 3 is 2.14 bits per heavy atom. The maximum atomic E-state index is 10.6. The molecule has 1 amide bonds. The van der Waals surface area contributed by atoms with E-state index in [0.29, 0.717) is 5.56 Å². The van der Waals surface area contributed by atoms with Gasteiger partial charge in [-0.25, -0.2) is 0 Å². The molecule has 0 bridgehead atoms. The number of halogens is 1. The lowest BCUT2D eigenvalue weighted by Crippen LogP contribution is -2.13. The highest BCUT2D eigenvalue weighted by Crippen LogP contribution is 2.21. The number of phenols is 1. The monoisotopic (exact) mass is 547 g/mol. The van der Waals surface area contributed by atoms with Gasteiger partial charge in [0.2, 0.25) is 5.91 Å². The van der Waals surface area contributed by atoms with Crippen molar-refractivity contribution in [3.8, 4) is 5.75 Å². The normalized spacial score (nSPS) is 11.5. The summed E-state index contributed by atoms with van der Waals surface area (Å²) in [4.78, 5) is 10.6. The van der Waals surface area contributed by atoms with Crippen LogP contribution in [0.1, 0.15) is 66.9 Å². The predicted molar refractivity (Wildman–Crippen MR) is 157 cm³/mol. The van der Waals surface area contributed by atoms with Gasteiger partial charge < -0.3 is 15.6 Å². The standard InChI is InChI=1S/C11H18O.C9H14.C8H8BrNO2.C2H6/c1-5-7-8-11(12-4)9-10(3)6-2;1-4-6-7-8-9(3)5-2;9-7-2-1-6(11)3-5(7)4-8(10)12;1-2/h5,7-9H,6H2,1-4H3;4,6-8H,1,5H2,2-3H3;1-3,11H,4H2,(H2,10,12);1-2H3/b7-5-,10-9+,11-8+;7-6-,9-8-;;. The van der Waals surface area contributed by atoms with Gasteiger partial charge in [0.15, 0.2) is 0 Å². The van der Waals surface area contributed by atoms with Crippen molar-refractivity contribution >= 4 is 21.8 Å². The van der Waals surface area contributed by atoms with E-state index in [1.807, 2.05) is 51.2 Å². The van der Waals surface area contributed by atoms with E-state index >= 15 is 0 Å². The van der Waals surface area contributed by atoms with Gasteiger partial charge >= 0.3 is 0 Å². The average molecular weight is 549 g/mol. The number of carbonyl (C=O) groups excluding carboxylic acids is 1. The molecule has 35 heavy (non-hydrogen) atoms. The van der Waals surface area contributed by atoms with Crippen LogP contribution < -0.4 is 5.73 Å². The van der Waals surface area contributed by atoms with Crippen LogP contribution in [0.5, 0.6) is 5.75 Å². The van der Waals surface area contributed by atoms with Crippen LogP contribution in [-0.2, 0) is 16.0 Å². The minimum atomic E-state index is -0.415. The number of methoxy groups -OCH3 is 1. The molecule has 0 aliphatic carbocycles. The van der Waals surface area contributed by atoms with Gasteiger partial charge in [0, 0.05) is 4.47 Å². The number of rotatable bonds is 9. The van der Waals surface area contributed by atoms with E-state index < -0.39 is 5.91 Å². The second-order valence-electron chi connectivity index (χ2n) is 7.05. The molecule has 1 aromatic carbocycles. The van der Waals surface area contributed by atoms with Gasteiger partial charge in [-0.15, -0.1) is 0 Å². The summed E-state index contributed by atoms with van der Waals surface area (Å²) in [6.07, 6.45) is 18.1. The fourth-order valence-electron chi connectivity index (χ4n) is 2.01. The molecule has 1 aromatic rings. The Balaban J connectivity index is -0.000000428. The second kappa shape index (κ2) is 25.8. The molecule has 0 heterocycles. The number of ether oxygens (including phenoxy) is 1. The van der Waals surface area contributed by atoms with Crippen molar-refractivity contribution in [2.24, 2.45) is 5.73 Å². The molecule has 4 nitrogen and oxygen atoms in total. The van der Waals surface area contributed by atoms with Gasteiger partial charge in [-0.2, -0.15) is 0 Å². The Hall–Kier alpha value is -2.79. The molecule has 0 atom stereocenters. The van der Waals surface area contributed by atoms with Crippen LogP contribution in [0.15, 0.2) is 94.8 Å². The summed E-state index contributed by atoms with van der Waals surface area (Å²) < 4.78 is 5.94. The lowest BCUT2D eigenvalue weighted by atomic mass is 10.1. The minimum absolute atomic E-state index is 0.134. The van der Waals surface area contributed by atoms with Gasteiger partial charge in [-0.1, -0.05) is 97.8 Å². The number of amides is 1. The van der Waals surface area contributed by atoms with Crippen molar-refractivity contribution in [1.29, 1.82) is 0 Å². The van der Waals surface area contributed by atoms with E-state index in [-0.39, 0.29) is 12.2 Å². The molecule has 0 saturated carbocycles. The first-order valence-corrected chi connectivity index (χ1v) is 12.7. The largest absolute Gasteiger partial charge is 0.508 e.